The summed E-state index contributed by atoms with van der Waals surface area (Å²) in [6.45, 7) is 3.13. The van der Waals surface area contributed by atoms with E-state index in [-0.39, 0.29) is 35.8 Å². The number of H-pyrrole nitrogens is 1. The minimum Gasteiger partial charge on any atom is -0.467 e. The van der Waals surface area contributed by atoms with Gasteiger partial charge in [0.05, 0.1) is 35.6 Å². The molecule has 1 aromatic carbocycles. The lowest BCUT2D eigenvalue weighted by Crippen LogP contribution is -2.31. The number of thioether (sulfide) groups is 1. The van der Waals surface area contributed by atoms with Crippen molar-refractivity contribution in [3.63, 3.8) is 0 Å². The third-order valence-electron chi connectivity index (χ3n) is 5.90. The summed E-state index contributed by atoms with van der Waals surface area (Å²) >= 11 is 1.12. The highest BCUT2D eigenvalue weighted by Crippen LogP contribution is 2.21. The molecule has 1 aliphatic rings. The number of amides is 2. The lowest BCUT2D eigenvalue weighted by atomic mass is 10.1. The van der Waals surface area contributed by atoms with Crippen molar-refractivity contribution in [1.29, 1.82) is 0 Å². The van der Waals surface area contributed by atoms with Crippen molar-refractivity contribution in [2.24, 2.45) is 0 Å². The number of hydrogen-bond donors (Lipinski definition) is 3. The second-order valence-electron chi connectivity index (χ2n) is 8.72. The fourth-order valence-corrected chi connectivity index (χ4v) is 4.85. The molecule has 0 radical (unpaired) electrons. The minimum absolute atomic E-state index is 0.00355. The number of nitrogens with one attached hydrogen (secondary N) is 3. The Labute approximate surface area is 216 Å². The summed E-state index contributed by atoms with van der Waals surface area (Å²) in [6.07, 6.45) is 3.46. The molecule has 12 heteroatoms. The van der Waals surface area contributed by atoms with Gasteiger partial charge in [-0.15, -0.1) is 0 Å². The molecule has 11 nitrogen and oxygen atoms in total. The largest absolute Gasteiger partial charge is 0.467 e. The van der Waals surface area contributed by atoms with Crippen molar-refractivity contribution in [3.8, 4) is 0 Å². The number of hydrogen-bond acceptors (Lipinski definition) is 8. The first kappa shape index (κ1) is 24.8. The number of aromatic amines is 1. The molecule has 1 aliphatic heterocycles. The molecule has 4 aromatic rings. The van der Waals surface area contributed by atoms with Crippen LogP contribution in [0.4, 0.5) is 5.82 Å². The Balaban J connectivity index is 1.39. The molecule has 1 atom stereocenters. The summed E-state index contributed by atoms with van der Waals surface area (Å²) in [5, 5.41) is 13.1. The Hall–Kier alpha value is -3.90. The van der Waals surface area contributed by atoms with Crippen LogP contribution in [-0.4, -0.2) is 56.6 Å². The molecule has 4 heterocycles. The lowest BCUT2D eigenvalue weighted by molar-refractivity contribution is -0.113. The molecule has 1 unspecified atom stereocenters. The number of anilines is 1. The molecule has 3 aromatic heterocycles. The normalized spacial score (nSPS) is 15.2. The fourth-order valence-electron chi connectivity index (χ4n) is 4.05. The number of aryl methyl sites for hydroxylation is 1. The molecule has 0 bridgehead atoms. The SMILES string of the molecule is Cc1cc(NC(=O)CSc2nc3cc(C(=O)NCC4CCCO4)ccc3c(=O)n2Cc2ccco2)n[nH]1. The van der Waals surface area contributed by atoms with Crippen LogP contribution in [0.5, 0.6) is 0 Å². The predicted octanol–water partition coefficient (Wildman–Crippen LogP) is 2.71. The Kier molecular flexibility index (Phi) is 7.37. The molecule has 192 valence electrons. The van der Waals surface area contributed by atoms with E-state index >= 15 is 0 Å². The summed E-state index contributed by atoms with van der Waals surface area (Å²) in [5.41, 5.74) is 1.29. The van der Waals surface area contributed by atoms with Gasteiger partial charge < -0.3 is 19.8 Å². The number of furan rings is 1. The zero-order valence-electron chi connectivity index (χ0n) is 20.2. The molecule has 1 saturated heterocycles. The summed E-state index contributed by atoms with van der Waals surface area (Å²) in [4.78, 5) is 43.3. The van der Waals surface area contributed by atoms with E-state index in [9.17, 15) is 14.4 Å². The number of rotatable bonds is 9. The van der Waals surface area contributed by atoms with E-state index in [4.69, 9.17) is 9.15 Å². The van der Waals surface area contributed by atoms with Crippen LogP contribution in [0.25, 0.3) is 10.9 Å². The van der Waals surface area contributed by atoms with Crippen molar-refractivity contribution in [2.45, 2.75) is 37.6 Å². The average Bonchev–Trinajstić information content (AvgIpc) is 3.67. The number of carbonyl (C=O) groups excluding carboxylic acids is 2. The Morgan fingerprint density at radius 2 is 2.16 bits per heavy atom. The van der Waals surface area contributed by atoms with Crippen LogP contribution in [0, 0.1) is 6.92 Å². The molecule has 0 aliphatic carbocycles. The predicted molar refractivity (Wildman–Crippen MR) is 138 cm³/mol. The number of fused-ring (bicyclic) bond motifs is 1. The maximum Gasteiger partial charge on any atom is 0.262 e. The number of benzene rings is 1. The first-order valence-corrected chi connectivity index (χ1v) is 12.9. The van der Waals surface area contributed by atoms with Gasteiger partial charge in [0.15, 0.2) is 11.0 Å². The van der Waals surface area contributed by atoms with Gasteiger partial charge in [0, 0.05) is 30.5 Å². The van der Waals surface area contributed by atoms with Gasteiger partial charge in [-0.25, -0.2) is 4.98 Å². The molecular weight excluding hydrogens is 496 g/mol. The van der Waals surface area contributed by atoms with Crippen LogP contribution in [0.15, 0.2) is 57.0 Å². The number of carbonyl (C=O) groups is 2. The second kappa shape index (κ2) is 11.0. The maximum atomic E-state index is 13.4. The number of ether oxygens (including phenoxy) is 1. The van der Waals surface area contributed by atoms with E-state index in [1.807, 2.05) is 6.92 Å². The lowest BCUT2D eigenvalue weighted by Gasteiger charge is -2.13. The van der Waals surface area contributed by atoms with Gasteiger partial charge >= 0.3 is 0 Å². The average molecular weight is 523 g/mol. The van der Waals surface area contributed by atoms with E-state index in [0.717, 1.165) is 30.3 Å². The smallest absolute Gasteiger partial charge is 0.262 e. The van der Waals surface area contributed by atoms with E-state index in [1.54, 1.807) is 36.4 Å². The summed E-state index contributed by atoms with van der Waals surface area (Å²) in [6, 6.07) is 10.0. The molecule has 2 amide bonds. The van der Waals surface area contributed by atoms with Gasteiger partial charge in [0.25, 0.3) is 11.5 Å². The van der Waals surface area contributed by atoms with Gasteiger partial charge in [-0.3, -0.25) is 24.0 Å². The second-order valence-corrected chi connectivity index (χ2v) is 9.66. The Morgan fingerprint density at radius 3 is 2.89 bits per heavy atom. The highest BCUT2D eigenvalue weighted by molar-refractivity contribution is 7.99. The van der Waals surface area contributed by atoms with Crippen molar-refractivity contribution < 1.29 is 18.7 Å². The zero-order valence-corrected chi connectivity index (χ0v) is 21.0. The van der Waals surface area contributed by atoms with Crippen molar-refractivity contribution >= 4 is 40.3 Å². The highest BCUT2D eigenvalue weighted by Gasteiger charge is 2.19. The zero-order chi connectivity index (χ0) is 25.8. The third kappa shape index (κ3) is 5.92. The highest BCUT2D eigenvalue weighted by atomic mass is 32.2. The van der Waals surface area contributed by atoms with E-state index in [1.165, 1.54) is 10.8 Å². The van der Waals surface area contributed by atoms with Crippen molar-refractivity contribution in [2.75, 3.05) is 24.2 Å². The van der Waals surface area contributed by atoms with Crippen LogP contribution in [0.1, 0.15) is 34.7 Å². The Bertz CT molecular complexity index is 1470. The summed E-state index contributed by atoms with van der Waals surface area (Å²) < 4.78 is 12.5. The number of aromatic nitrogens is 4. The maximum absolute atomic E-state index is 13.4. The molecular formula is C25H26N6O5S. The first-order valence-electron chi connectivity index (χ1n) is 11.9. The van der Waals surface area contributed by atoms with Gasteiger partial charge in [-0.1, -0.05) is 11.8 Å². The molecule has 5 rings (SSSR count). The van der Waals surface area contributed by atoms with Gasteiger partial charge in [0.1, 0.15) is 5.76 Å². The standard InChI is InChI=1S/C25H26N6O5S/c1-15-10-21(30-29-15)28-22(32)14-37-25-27-20-11-16(23(33)26-12-17-4-2-8-35-17)6-7-19(20)24(34)31(25)13-18-5-3-9-36-18/h3,5-7,9-11,17H,2,4,8,12-14H2,1H3,(H,26,33)(H2,28,29,30,32). The van der Waals surface area contributed by atoms with E-state index in [0.29, 0.717) is 46.4 Å². The minimum atomic E-state index is -0.294. The summed E-state index contributed by atoms with van der Waals surface area (Å²) in [5.74, 6) is 0.441. The Morgan fingerprint density at radius 1 is 1.27 bits per heavy atom. The molecule has 0 spiro atoms. The van der Waals surface area contributed by atoms with Crippen LogP contribution >= 0.6 is 11.8 Å². The quantitative estimate of drug-likeness (QED) is 0.225. The van der Waals surface area contributed by atoms with Crippen LogP contribution in [0.2, 0.25) is 0 Å². The monoisotopic (exact) mass is 522 g/mol. The fraction of sp³-hybridized carbons (Fsp3) is 0.320. The van der Waals surface area contributed by atoms with Gasteiger partial charge in [-0.2, -0.15) is 5.10 Å². The molecule has 0 saturated carbocycles. The van der Waals surface area contributed by atoms with Crippen molar-refractivity contribution in [1.82, 2.24) is 25.1 Å². The molecule has 37 heavy (non-hydrogen) atoms. The summed E-state index contributed by atoms with van der Waals surface area (Å²) in [7, 11) is 0. The van der Waals surface area contributed by atoms with Crippen LogP contribution in [0.3, 0.4) is 0 Å². The first-order chi connectivity index (χ1) is 18.0. The third-order valence-corrected chi connectivity index (χ3v) is 6.87. The van der Waals surface area contributed by atoms with Crippen LogP contribution in [-0.2, 0) is 16.1 Å². The van der Waals surface area contributed by atoms with Crippen molar-refractivity contribution in [3.05, 3.63) is 70.0 Å². The van der Waals surface area contributed by atoms with Crippen LogP contribution < -0.4 is 16.2 Å². The van der Waals surface area contributed by atoms with Gasteiger partial charge in [0.2, 0.25) is 5.91 Å². The van der Waals surface area contributed by atoms with E-state index in [2.05, 4.69) is 25.8 Å². The number of nitrogens with zero attached hydrogens (tertiary/aromatic N) is 3. The topological polar surface area (TPSA) is 144 Å². The molecule has 3 N–H and O–H groups in total. The van der Waals surface area contributed by atoms with Gasteiger partial charge in [-0.05, 0) is 50.1 Å². The molecule has 1 fully saturated rings. The van der Waals surface area contributed by atoms with E-state index < -0.39 is 0 Å².